The van der Waals surface area contributed by atoms with Gasteiger partial charge >= 0.3 is 0 Å². The van der Waals surface area contributed by atoms with Gasteiger partial charge in [-0.2, -0.15) is 0 Å². The quantitative estimate of drug-likeness (QED) is 0.811. The minimum atomic E-state index is -0.0201. The number of amides is 1. The van der Waals surface area contributed by atoms with Crippen LogP contribution in [0.5, 0.6) is 5.75 Å². The molecule has 0 aromatic heterocycles. The minimum absolute atomic E-state index is 0.0112. The second-order valence-electron chi connectivity index (χ2n) is 4.38. The van der Waals surface area contributed by atoms with Crippen molar-refractivity contribution in [3.05, 3.63) is 29.8 Å². The van der Waals surface area contributed by atoms with Gasteiger partial charge in [-0.25, -0.2) is 0 Å². The molecule has 0 aliphatic carbocycles. The summed E-state index contributed by atoms with van der Waals surface area (Å²) < 4.78 is 5.07. The van der Waals surface area contributed by atoms with Crippen molar-refractivity contribution < 1.29 is 9.53 Å². The number of hydrogen-bond donors (Lipinski definition) is 1. The first-order chi connectivity index (χ1) is 8.99. The van der Waals surface area contributed by atoms with Crippen LogP contribution >= 0.6 is 12.2 Å². The fraction of sp³-hybridized carbons (Fsp3) is 0.429. The van der Waals surface area contributed by atoms with Crippen LogP contribution in [0.3, 0.4) is 0 Å². The summed E-state index contributed by atoms with van der Waals surface area (Å²) in [6.07, 6.45) is 0. The highest BCUT2D eigenvalue weighted by Crippen LogP contribution is 2.14. The first-order valence-electron chi connectivity index (χ1n) is 6.22. The van der Waals surface area contributed by atoms with Crippen LogP contribution in [0.1, 0.15) is 24.2 Å². The van der Waals surface area contributed by atoms with Gasteiger partial charge in [0.05, 0.1) is 12.1 Å². The number of thiocarbonyl (C=S) groups is 1. The van der Waals surface area contributed by atoms with Crippen molar-refractivity contribution in [2.45, 2.75) is 13.8 Å². The Bertz CT molecular complexity index is 445. The fourth-order valence-electron chi connectivity index (χ4n) is 1.69. The van der Waals surface area contributed by atoms with Crippen molar-refractivity contribution in [2.24, 2.45) is 11.7 Å². The summed E-state index contributed by atoms with van der Waals surface area (Å²) in [6.45, 7) is 5.02. The second-order valence-corrected chi connectivity index (χ2v) is 4.85. The number of hydrogen-bond acceptors (Lipinski definition) is 3. The third-order valence-corrected chi connectivity index (χ3v) is 3.39. The van der Waals surface area contributed by atoms with Crippen LogP contribution in [0.25, 0.3) is 0 Å². The largest absolute Gasteiger partial charge is 0.497 e. The van der Waals surface area contributed by atoms with Gasteiger partial charge in [-0.05, 0) is 31.2 Å². The molecule has 5 heteroatoms. The third-order valence-electron chi connectivity index (χ3n) is 2.99. The van der Waals surface area contributed by atoms with Gasteiger partial charge in [0.15, 0.2) is 0 Å². The SMILES string of the molecule is CCN(CC(C)C(N)=S)C(=O)c1ccc(OC)cc1. The molecule has 0 spiro atoms. The average Bonchev–Trinajstić information content (AvgIpc) is 2.43. The van der Waals surface area contributed by atoms with E-state index in [1.54, 1.807) is 36.3 Å². The third kappa shape index (κ3) is 4.21. The van der Waals surface area contributed by atoms with Crippen LogP contribution in [0.2, 0.25) is 0 Å². The topological polar surface area (TPSA) is 55.6 Å². The van der Waals surface area contributed by atoms with Gasteiger partial charge in [0, 0.05) is 24.6 Å². The molecule has 0 saturated carbocycles. The van der Waals surface area contributed by atoms with Crippen molar-refractivity contribution in [3.63, 3.8) is 0 Å². The summed E-state index contributed by atoms with van der Waals surface area (Å²) in [6, 6.07) is 7.07. The van der Waals surface area contributed by atoms with E-state index in [9.17, 15) is 4.79 Å². The number of nitrogens with two attached hydrogens (primary N) is 1. The Balaban J connectivity index is 2.79. The van der Waals surface area contributed by atoms with Gasteiger partial charge < -0.3 is 15.4 Å². The predicted octanol–water partition coefficient (Wildman–Crippen LogP) is 2.08. The van der Waals surface area contributed by atoms with Crippen LogP contribution < -0.4 is 10.5 Å². The molecule has 0 saturated heterocycles. The van der Waals surface area contributed by atoms with Crippen LogP contribution in [0.4, 0.5) is 0 Å². The summed E-state index contributed by atoms with van der Waals surface area (Å²) in [5, 5.41) is 0. The van der Waals surface area contributed by atoms with Gasteiger partial charge in [-0.15, -0.1) is 0 Å². The first-order valence-corrected chi connectivity index (χ1v) is 6.63. The maximum atomic E-state index is 12.3. The van der Waals surface area contributed by atoms with Crippen LogP contribution in [0, 0.1) is 5.92 Å². The molecular weight excluding hydrogens is 260 g/mol. The lowest BCUT2D eigenvalue weighted by atomic mass is 10.1. The maximum absolute atomic E-state index is 12.3. The van der Waals surface area contributed by atoms with Gasteiger partial charge in [0.2, 0.25) is 0 Å². The van der Waals surface area contributed by atoms with Crippen LogP contribution in [-0.4, -0.2) is 36.0 Å². The summed E-state index contributed by atoms with van der Waals surface area (Å²) in [7, 11) is 1.60. The lowest BCUT2D eigenvalue weighted by Gasteiger charge is -2.24. The number of benzene rings is 1. The Morgan fingerprint density at radius 2 is 2.00 bits per heavy atom. The zero-order valence-corrected chi connectivity index (χ0v) is 12.4. The van der Waals surface area contributed by atoms with E-state index in [0.717, 1.165) is 5.75 Å². The van der Waals surface area contributed by atoms with E-state index in [4.69, 9.17) is 22.7 Å². The molecule has 19 heavy (non-hydrogen) atoms. The first kappa shape index (κ1) is 15.4. The molecular formula is C14H20N2O2S. The average molecular weight is 280 g/mol. The molecule has 104 valence electrons. The minimum Gasteiger partial charge on any atom is -0.497 e. The number of methoxy groups -OCH3 is 1. The summed E-state index contributed by atoms with van der Waals surface area (Å²) >= 11 is 4.94. The molecule has 4 nitrogen and oxygen atoms in total. The molecule has 1 aromatic carbocycles. The molecule has 0 heterocycles. The Hall–Kier alpha value is -1.62. The lowest BCUT2D eigenvalue weighted by molar-refractivity contribution is 0.0755. The molecule has 1 rings (SSSR count). The van der Waals surface area contributed by atoms with Gasteiger partial charge in [-0.1, -0.05) is 19.1 Å². The zero-order valence-electron chi connectivity index (χ0n) is 11.6. The zero-order chi connectivity index (χ0) is 14.4. The number of nitrogens with zero attached hydrogens (tertiary/aromatic N) is 1. The molecule has 0 bridgehead atoms. The number of carbonyl (C=O) groups is 1. The molecule has 2 N–H and O–H groups in total. The van der Waals surface area contributed by atoms with E-state index < -0.39 is 0 Å². The Kier molecular flexibility index (Phi) is 5.76. The van der Waals surface area contributed by atoms with Crippen molar-refractivity contribution in [3.8, 4) is 5.75 Å². The van der Waals surface area contributed by atoms with E-state index >= 15 is 0 Å². The Morgan fingerprint density at radius 1 is 1.42 bits per heavy atom. The molecule has 0 fully saturated rings. The Morgan fingerprint density at radius 3 is 2.42 bits per heavy atom. The summed E-state index contributed by atoms with van der Waals surface area (Å²) in [4.78, 5) is 14.5. The van der Waals surface area contributed by atoms with Crippen molar-refractivity contribution in [2.75, 3.05) is 20.2 Å². The standard InChI is InChI=1S/C14H20N2O2S/c1-4-16(9-10(2)13(15)19)14(17)11-5-7-12(18-3)8-6-11/h5-8,10H,4,9H2,1-3H3,(H2,15,19). The van der Waals surface area contributed by atoms with E-state index in [2.05, 4.69) is 0 Å². The number of carbonyl (C=O) groups excluding carboxylic acids is 1. The van der Waals surface area contributed by atoms with Crippen LogP contribution in [0.15, 0.2) is 24.3 Å². The fourth-order valence-corrected chi connectivity index (χ4v) is 1.77. The van der Waals surface area contributed by atoms with E-state index in [1.165, 1.54) is 0 Å². The second kappa shape index (κ2) is 7.09. The summed E-state index contributed by atoms with van der Waals surface area (Å²) in [5.74, 6) is 0.724. The molecule has 1 atom stereocenters. The number of ether oxygens (including phenoxy) is 1. The Labute approximate surface area is 119 Å². The van der Waals surface area contributed by atoms with Crippen LogP contribution in [-0.2, 0) is 0 Å². The highest BCUT2D eigenvalue weighted by molar-refractivity contribution is 7.80. The van der Waals surface area contributed by atoms with E-state index in [0.29, 0.717) is 23.6 Å². The molecule has 1 aromatic rings. The van der Waals surface area contributed by atoms with Crippen molar-refractivity contribution in [1.82, 2.24) is 4.90 Å². The van der Waals surface area contributed by atoms with Gasteiger partial charge in [0.25, 0.3) is 5.91 Å². The van der Waals surface area contributed by atoms with Crippen molar-refractivity contribution in [1.29, 1.82) is 0 Å². The van der Waals surface area contributed by atoms with Gasteiger partial charge in [-0.3, -0.25) is 4.79 Å². The molecule has 0 aliphatic rings. The van der Waals surface area contributed by atoms with E-state index in [1.807, 2.05) is 13.8 Å². The van der Waals surface area contributed by atoms with Gasteiger partial charge in [0.1, 0.15) is 5.75 Å². The summed E-state index contributed by atoms with van der Waals surface area (Å²) in [5.41, 5.74) is 6.23. The molecule has 1 unspecified atom stereocenters. The number of rotatable bonds is 6. The predicted molar refractivity (Wildman–Crippen MR) is 80.5 cm³/mol. The van der Waals surface area contributed by atoms with Crippen molar-refractivity contribution >= 4 is 23.1 Å². The smallest absolute Gasteiger partial charge is 0.253 e. The van der Waals surface area contributed by atoms with E-state index in [-0.39, 0.29) is 11.8 Å². The molecule has 0 radical (unpaired) electrons. The lowest BCUT2D eigenvalue weighted by Crippen LogP contribution is -2.38. The highest BCUT2D eigenvalue weighted by Gasteiger charge is 2.17. The molecule has 0 aliphatic heterocycles. The monoisotopic (exact) mass is 280 g/mol. The normalized spacial score (nSPS) is 11.7. The molecule has 1 amide bonds. The highest BCUT2D eigenvalue weighted by atomic mass is 32.1. The maximum Gasteiger partial charge on any atom is 0.253 e.